The van der Waals surface area contributed by atoms with Crippen LogP contribution in [-0.2, 0) is 29.3 Å². The molecular weight excluding hydrogens is 456 g/mol. The van der Waals surface area contributed by atoms with Gasteiger partial charge in [-0.05, 0) is 41.8 Å². The molecule has 4 aromatic rings. The number of ether oxygens (including phenoxy) is 1. The zero-order chi connectivity index (χ0) is 24.6. The van der Waals surface area contributed by atoms with Crippen LogP contribution in [0.5, 0.6) is 5.75 Å². The second-order valence-electron chi connectivity index (χ2n) is 9.29. The second kappa shape index (κ2) is 9.03. The molecular formula is C28H24N4O4. The first-order chi connectivity index (χ1) is 17.6. The third-order valence-electron chi connectivity index (χ3n) is 6.94. The summed E-state index contributed by atoms with van der Waals surface area (Å²) < 4.78 is 8.00. The highest BCUT2D eigenvalue weighted by molar-refractivity contribution is 6.07. The van der Waals surface area contributed by atoms with Crippen molar-refractivity contribution in [2.45, 2.75) is 45.0 Å². The summed E-state index contributed by atoms with van der Waals surface area (Å²) in [5.74, 6) is 0.243. The second-order valence-corrected chi connectivity index (χ2v) is 9.29. The van der Waals surface area contributed by atoms with Crippen LogP contribution in [0.15, 0.2) is 66.7 Å². The van der Waals surface area contributed by atoms with E-state index in [1.165, 1.54) is 0 Å². The first-order valence-corrected chi connectivity index (χ1v) is 12.0. The lowest BCUT2D eigenvalue weighted by molar-refractivity contribution is -0.133. The van der Waals surface area contributed by atoms with Crippen LogP contribution in [0.2, 0.25) is 0 Å². The van der Waals surface area contributed by atoms with Crippen molar-refractivity contribution in [1.82, 2.24) is 19.9 Å². The van der Waals surface area contributed by atoms with Crippen molar-refractivity contribution in [3.8, 4) is 5.75 Å². The molecule has 1 amide bonds. The van der Waals surface area contributed by atoms with Crippen molar-refractivity contribution < 1.29 is 19.1 Å². The molecule has 0 bridgehead atoms. The molecule has 0 radical (unpaired) electrons. The Hall–Kier alpha value is -4.33. The van der Waals surface area contributed by atoms with Crippen molar-refractivity contribution in [3.63, 3.8) is 0 Å². The molecule has 8 nitrogen and oxygen atoms in total. The molecule has 1 aliphatic carbocycles. The van der Waals surface area contributed by atoms with Gasteiger partial charge in [0, 0.05) is 17.5 Å². The summed E-state index contributed by atoms with van der Waals surface area (Å²) in [6.07, 6.45) is 0.643. The fourth-order valence-corrected chi connectivity index (χ4v) is 5.01. The van der Waals surface area contributed by atoms with Crippen molar-refractivity contribution >= 4 is 28.5 Å². The Morgan fingerprint density at radius 2 is 1.72 bits per heavy atom. The van der Waals surface area contributed by atoms with Crippen molar-refractivity contribution in [2.24, 2.45) is 0 Å². The van der Waals surface area contributed by atoms with Gasteiger partial charge in [0.05, 0.1) is 31.1 Å². The first-order valence-electron chi connectivity index (χ1n) is 12.0. The number of Topliss-reactive ketones (excluding diaryl/α,β-unsaturated/α-hetero) is 2. The van der Waals surface area contributed by atoms with E-state index in [0.717, 1.165) is 27.7 Å². The molecule has 2 heterocycles. The minimum absolute atomic E-state index is 0.0508. The highest BCUT2D eigenvalue weighted by atomic mass is 16.5. The molecule has 1 atom stereocenters. The maximum Gasteiger partial charge on any atom is 0.255 e. The molecule has 3 aromatic carbocycles. The number of hydrogen-bond donors (Lipinski definition) is 0. The number of rotatable bonds is 6. The largest absolute Gasteiger partial charge is 0.489 e. The number of ketones is 2. The van der Waals surface area contributed by atoms with Crippen LogP contribution >= 0.6 is 0 Å². The van der Waals surface area contributed by atoms with E-state index >= 15 is 0 Å². The summed E-state index contributed by atoms with van der Waals surface area (Å²) in [5.41, 5.74) is 5.33. The number of benzene rings is 3. The highest BCUT2D eigenvalue weighted by Gasteiger charge is 2.39. The summed E-state index contributed by atoms with van der Waals surface area (Å²) in [6, 6.07) is 20.9. The lowest BCUT2D eigenvalue weighted by Crippen LogP contribution is -2.44. The molecule has 0 spiro atoms. The SMILES string of the molecule is O=C1CCC(N2Cc3c(OCc4ccc(Cn5nnc6ccccc65)cc4)cccc3C2=O)C(=O)C1. The molecule has 1 aromatic heterocycles. The van der Waals surface area contributed by atoms with Gasteiger partial charge in [0.15, 0.2) is 5.78 Å². The average molecular weight is 481 g/mol. The van der Waals surface area contributed by atoms with E-state index in [0.29, 0.717) is 43.9 Å². The number of carbonyl (C=O) groups is 3. The maximum atomic E-state index is 13.0. The maximum absolute atomic E-state index is 13.0. The minimum atomic E-state index is -0.537. The van der Waals surface area contributed by atoms with E-state index in [-0.39, 0.29) is 23.9 Å². The number of carbonyl (C=O) groups excluding carboxylic acids is 3. The van der Waals surface area contributed by atoms with Gasteiger partial charge in [0.2, 0.25) is 0 Å². The zero-order valence-corrected chi connectivity index (χ0v) is 19.6. The van der Waals surface area contributed by atoms with Crippen LogP contribution < -0.4 is 4.74 Å². The lowest BCUT2D eigenvalue weighted by atomic mass is 9.92. The molecule has 1 saturated carbocycles. The number of aromatic nitrogens is 3. The van der Waals surface area contributed by atoms with Gasteiger partial charge in [0.1, 0.15) is 23.7 Å². The zero-order valence-electron chi connectivity index (χ0n) is 19.6. The van der Waals surface area contributed by atoms with Crippen LogP contribution in [-0.4, -0.2) is 43.4 Å². The first kappa shape index (κ1) is 22.2. The van der Waals surface area contributed by atoms with E-state index in [4.69, 9.17) is 4.74 Å². The Bertz CT molecular complexity index is 1490. The minimum Gasteiger partial charge on any atom is -0.489 e. The standard InChI is InChI=1S/C28H24N4O4/c33-20-12-13-25(26(34)14-20)31-16-22-21(28(31)35)4-3-7-27(22)36-17-19-10-8-18(9-11-19)15-32-24-6-2-1-5-23(24)29-30-32/h1-11,25H,12-17H2. The van der Waals surface area contributed by atoms with Crippen molar-refractivity contribution in [1.29, 1.82) is 0 Å². The van der Waals surface area contributed by atoms with Gasteiger partial charge in [-0.3, -0.25) is 14.4 Å². The summed E-state index contributed by atoms with van der Waals surface area (Å²) in [7, 11) is 0. The Labute approximate surface area is 207 Å². The van der Waals surface area contributed by atoms with Gasteiger partial charge < -0.3 is 9.64 Å². The summed E-state index contributed by atoms with van der Waals surface area (Å²) in [5, 5.41) is 8.45. The highest BCUT2D eigenvalue weighted by Crippen LogP contribution is 2.34. The Morgan fingerprint density at radius 3 is 2.56 bits per heavy atom. The molecule has 6 rings (SSSR count). The van der Waals surface area contributed by atoms with Crippen LogP contribution in [0, 0.1) is 0 Å². The molecule has 180 valence electrons. The van der Waals surface area contributed by atoms with Crippen molar-refractivity contribution in [3.05, 3.63) is 89.0 Å². The molecule has 36 heavy (non-hydrogen) atoms. The molecule has 1 fully saturated rings. The van der Waals surface area contributed by atoms with Crippen LogP contribution in [0.1, 0.15) is 46.3 Å². The summed E-state index contributed by atoms with van der Waals surface area (Å²) >= 11 is 0. The van der Waals surface area contributed by atoms with Crippen molar-refractivity contribution in [2.75, 3.05) is 0 Å². The molecule has 0 saturated heterocycles. The Morgan fingerprint density at radius 1 is 0.917 bits per heavy atom. The summed E-state index contributed by atoms with van der Waals surface area (Å²) in [6.45, 7) is 1.30. The van der Waals surface area contributed by atoms with E-state index < -0.39 is 6.04 Å². The van der Waals surface area contributed by atoms with E-state index in [1.54, 1.807) is 17.0 Å². The molecule has 2 aliphatic rings. The van der Waals surface area contributed by atoms with Gasteiger partial charge in [-0.15, -0.1) is 5.10 Å². The van der Waals surface area contributed by atoms with Gasteiger partial charge in [0.25, 0.3) is 5.91 Å². The smallest absolute Gasteiger partial charge is 0.255 e. The predicted molar refractivity (Wildman–Crippen MR) is 131 cm³/mol. The van der Waals surface area contributed by atoms with E-state index in [1.807, 2.05) is 59.3 Å². The number of hydrogen-bond acceptors (Lipinski definition) is 6. The third-order valence-corrected chi connectivity index (χ3v) is 6.94. The number of para-hydroxylation sites is 1. The van der Waals surface area contributed by atoms with Gasteiger partial charge in [-0.1, -0.05) is 47.7 Å². The number of nitrogens with zero attached hydrogens (tertiary/aromatic N) is 4. The third kappa shape index (κ3) is 4.04. The van der Waals surface area contributed by atoms with Crippen LogP contribution in [0.3, 0.4) is 0 Å². The summed E-state index contributed by atoms with van der Waals surface area (Å²) in [4.78, 5) is 38.6. The lowest BCUT2D eigenvalue weighted by Gasteiger charge is -2.29. The Kier molecular flexibility index (Phi) is 5.56. The monoisotopic (exact) mass is 480 g/mol. The van der Waals surface area contributed by atoms with Crippen LogP contribution in [0.4, 0.5) is 0 Å². The predicted octanol–water partition coefficient (Wildman–Crippen LogP) is 3.71. The average Bonchev–Trinajstić information content (AvgIpc) is 3.45. The number of amides is 1. The molecule has 0 N–H and O–H groups in total. The van der Waals surface area contributed by atoms with Crippen LogP contribution in [0.25, 0.3) is 11.0 Å². The van der Waals surface area contributed by atoms with E-state index in [9.17, 15) is 14.4 Å². The normalized spacial score (nSPS) is 17.6. The molecule has 1 aliphatic heterocycles. The Balaban J connectivity index is 1.13. The van der Waals surface area contributed by atoms with Gasteiger partial charge in [-0.2, -0.15) is 0 Å². The molecule has 8 heteroatoms. The molecule has 1 unspecified atom stereocenters. The van der Waals surface area contributed by atoms with Gasteiger partial charge in [-0.25, -0.2) is 4.68 Å². The van der Waals surface area contributed by atoms with Gasteiger partial charge >= 0.3 is 0 Å². The fourth-order valence-electron chi connectivity index (χ4n) is 5.01. The fraction of sp³-hybridized carbons (Fsp3) is 0.250. The topological polar surface area (TPSA) is 94.4 Å². The van der Waals surface area contributed by atoms with E-state index in [2.05, 4.69) is 10.3 Å². The quantitative estimate of drug-likeness (QED) is 0.391. The number of fused-ring (bicyclic) bond motifs is 2.